The van der Waals surface area contributed by atoms with E-state index in [0.717, 1.165) is 11.0 Å². The first-order valence-electron chi connectivity index (χ1n) is 6.18. The first-order chi connectivity index (χ1) is 9.16. The Labute approximate surface area is 109 Å². The van der Waals surface area contributed by atoms with Gasteiger partial charge in [-0.1, -0.05) is 0 Å². The zero-order valence-electron chi connectivity index (χ0n) is 10.3. The highest BCUT2D eigenvalue weighted by Gasteiger charge is 2.32. The molecule has 6 heteroatoms. The summed E-state index contributed by atoms with van der Waals surface area (Å²) in [5.74, 6) is -0.211. The lowest BCUT2D eigenvalue weighted by atomic mass is 10.0. The van der Waals surface area contributed by atoms with Crippen molar-refractivity contribution in [2.75, 3.05) is 19.8 Å². The van der Waals surface area contributed by atoms with E-state index in [1.54, 1.807) is 24.5 Å². The predicted octanol–water partition coefficient (Wildman–Crippen LogP) is 0.444. The van der Waals surface area contributed by atoms with Crippen LogP contribution in [-0.2, 0) is 4.74 Å². The van der Waals surface area contributed by atoms with Crippen LogP contribution in [0.3, 0.4) is 0 Å². The maximum absolute atomic E-state index is 12.0. The van der Waals surface area contributed by atoms with Crippen LogP contribution in [0.2, 0.25) is 0 Å². The van der Waals surface area contributed by atoms with Gasteiger partial charge in [-0.3, -0.25) is 4.79 Å². The van der Waals surface area contributed by atoms with E-state index >= 15 is 0 Å². The van der Waals surface area contributed by atoms with Crippen molar-refractivity contribution in [1.29, 1.82) is 0 Å². The Morgan fingerprint density at radius 1 is 1.58 bits per heavy atom. The lowest BCUT2D eigenvalue weighted by Gasteiger charge is -2.20. The van der Waals surface area contributed by atoms with E-state index in [9.17, 15) is 9.90 Å². The Balaban J connectivity index is 1.69. The molecule has 0 spiro atoms. The van der Waals surface area contributed by atoms with Crippen molar-refractivity contribution < 1.29 is 14.6 Å². The second-order valence-corrected chi connectivity index (χ2v) is 4.84. The summed E-state index contributed by atoms with van der Waals surface area (Å²) in [6, 6.07) is 5.24. The largest absolute Gasteiger partial charge is 0.386 e. The van der Waals surface area contributed by atoms with Crippen molar-refractivity contribution in [1.82, 2.24) is 15.3 Å². The number of aromatic amines is 1. The summed E-state index contributed by atoms with van der Waals surface area (Å²) in [6.45, 7) is 1.01. The quantitative estimate of drug-likeness (QED) is 0.748. The van der Waals surface area contributed by atoms with Gasteiger partial charge in [-0.15, -0.1) is 0 Å². The molecule has 1 amide bonds. The number of carbonyl (C=O) groups is 1. The lowest BCUT2D eigenvalue weighted by Crippen LogP contribution is -2.43. The number of imidazole rings is 1. The second kappa shape index (κ2) is 4.64. The van der Waals surface area contributed by atoms with Crippen LogP contribution >= 0.6 is 0 Å². The fourth-order valence-corrected chi connectivity index (χ4v) is 2.16. The molecule has 1 aromatic heterocycles. The number of hydrogen-bond donors (Lipinski definition) is 3. The van der Waals surface area contributed by atoms with Crippen LogP contribution in [0.1, 0.15) is 16.8 Å². The number of rotatable bonds is 3. The standard InChI is InChI=1S/C13H15N3O3/c17-12(14-6-13(18)3-4-19-7-13)9-1-2-10-11(5-9)16-8-15-10/h1-2,5,8,18H,3-4,6-7H2,(H,14,17)(H,15,16). The van der Waals surface area contributed by atoms with Gasteiger partial charge in [-0.25, -0.2) is 4.98 Å². The Kier molecular flexibility index (Phi) is 2.96. The van der Waals surface area contributed by atoms with Crippen LogP contribution in [0, 0.1) is 0 Å². The number of amides is 1. The van der Waals surface area contributed by atoms with Gasteiger partial charge in [0.2, 0.25) is 0 Å². The number of aromatic nitrogens is 2. The molecule has 1 unspecified atom stereocenters. The normalized spacial score (nSPS) is 22.8. The molecule has 2 aromatic rings. The minimum Gasteiger partial charge on any atom is -0.386 e. The highest BCUT2D eigenvalue weighted by molar-refractivity contribution is 5.97. The topological polar surface area (TPSA) is 87.2 Å². The summed E-state index contributed by atoms with van der Waals surface area (Å²) < 4.78 is 5.13. The Morgan fingerprint density at radius 3 is 3.26 bits per heavy atom. The molecule has 1 aliphatic heterocycles. The third kappa shape index (κ3) is 2.45. The Morgan fingerprint density at radius 2 is 2.47 bits per heavy atom. The first kappa shape index (κ1) is 12.1. The Hall–Kier alpha value is -1.92. The monoisotopic (exact) mass is 261 g/mol. The van der Waals surface area contributed by atoms with Crippen molar-refractivity contribution in [3.63, 3.8) is 0 Å². The number of carbonyl (C=O) groups excluding carboxylic acids is 1. The number of hydrogen-bond acceptors (Lipinski definition) is 4. The van der Waals surface area contributed by atoms with E-state index in [4.69, 9.17) is 4.74 Å². The van der Waals surface area contributed by atoms with Crippen molar-refractivity contribution >= 4 is 16.9 Å². The van der Waals surface area contributed by atoms with Crippen molar-refractivity contribution in [2.24, 2.45) is 0 Å². The molecule has 6 nitrogen and oxygen atoms in total. The summed E-state index contributed by atoms with van der Waals surface area (Å²) in [5, 5.41) is 12.8. The molecule has 100 valence electrons. The molecule has 3 rings (SSSR count). The first-order valence-corrected chi connectivity index (χ1v) is 6.18. The molecule has 1 aliphatic rings. The van der Waals surface area contributed by atoms with E-state index in [1.165, 1.54) is 0 Å². The van der Waals surface area contributed by atoms with Gasteiger partial charge in [0.25, 0.3) is 5.91 Å². The molecule has 2 heterocycles. The lowest BCUT2D eigenvalue weighted by molar-refractivity contribution is 0.0264. The smallest absolute Gasteiger partial charge is 0.251 e. The number of nitrogens with one attached hydrogen (secondary N) is 2. The van der Waals surface area contributed by atoms with E-state index in [2.05, 4.69) is 15.3 Å². The van der Waals surface area contributed by atoms with E-state index in [-0.39, 0.29) is 19.1 Å². The number of ether oxygens (including phenoxy) is 1. The van der Waals surface area contributed by atoms with Gasteiger partial charge in [0.05, 0.1) is 24.0 Å². The minimum absolute atomic E-state index is 0.201. The fraction of sp³-hybridized carbons (Fsp3) is 0.385. The average Bonchev–Trinajstić information content (AvgIpc) is 3.04. The van der Waals surface area contributed by atoms with Crippen LogP contribution in [0.15, 0.2) is 24.5 Å². The molecule has 1 atom stereocenters. The molecular formula is C13H15N3O3. The van der Waals surface area contributed by atoms with Crippen molar-refractivity contribution in [3.8, 4) is 0 Å². The van der Waals surface area contributed by atoms with Gasteiger partial charge >= 0.3 is 0 Å². The summed E-state index contributed by atoms with van der Waals surface area (Å²) in [7, 11) is 0. The molecular weight excluding hydrogens is 246 g/mol. The predicted molar refractivity (Wildman–Crippen MR) is 68.8 cm³/mol. The molecule has 0 aliphatic carbocycles. The fourth-order valence-electron chi connectivity index (χ4n) is 2.16. The SMILES string of the molecule is O=C(NCC1(O)CCOC1)c1ccc2nc[nH]c2c1. The van der Waals surface area contributed by atoms with Crippen molar-refractivity contribution in [3.05, 3.63) is 30.1 Å². The van der Waals surface area contributed by atoms with Gasteiger partial charge in [0, 0.05) is 25.1 Å². The minimum atomic E-state index is -0.937. The third-order valence-corrected chi connectivity index (χ3v) is 3.34. The number of aliphatic hydroxyl groups is 1. The number of benzene rings is 1. The third-order valence-electron chi connectivity index (χ3n) is 3.34. The van der Waals surface area contributed by atoms with Crippen LogP contribution in [0.4, 0.5) is 0 Å². The van der Waals surface area contributed by atoms with E-state index in [0.29, 0.717) is 18.6 Å². The highest BCUT2D eigenvalue weighted by Crippen LogP contribution is 2.17. The summed E-state index contributed by atoms with van der Waals surface area (Å²) in [5.41, 5.74) is 1.24. The van der Waals surface area contributed by atoms with Crippen LogP contribution in [-0.4, -0.2) is 46.3 Å². The summed E-state index contributed by atoms with van der Waals surface area (Å²) >= 11 is 0. The summed E-state index contributed by atoms with van der Waals surface area (Å²) in [6.07, 6.45) is 2.14. The molecule has 0 saturated carbocycles. The molecule has 3 N–H and O–H groups in total. The van der Waals surface area contributed by atoms with Gasteiger partial charge in [-0.05, 0) is 18.2 Å². The zero-order chi connectivity index (χ0) is 13.3. The van der Waals surface area contributed by atoms with Crippen LogP contribution in [0.5, 0.6) is 0 Å². The maximum atomic E-state index is 12.0. The summed E-state index contributed by atoms with van der Waals surface area (Å²) in [4.78, 5) is 19.1. The zero-order valence-corrected chi connectivity index (χ0v) is 10.3. The molecule has 0 radical (unpaired) electrons. The molecule has 1 saturated heterocycles. The number of fused-ring (bicyclic) bond motifs is 1. The maximum Gasteiger partial charge on any atom is 0.251 e. The number of H-pyrrole nitrogens is 1. The van der Waals surface area contributed by atoms with Gasteiger partial charge in [-0.2, -0.15) is 0 Å². The molecule has 0 bridgehead atoms. The second-order valence-electron chi connectivity index (χ2n) is 4.84. The van der Waals surface area contributed by atoms with E-state index < -0.39 is 5.60 Å². The average molecular weight is 261 g/mol. The van der Waals surface area contributed by atoms with Crippen molar-refractivity contribution in [2.45, 2.75) is 12.0 Å². The number of nitrogens with zero attached hydrogens (tertiary/aromatic N) is 1. The van der Waals surface area contributed by atoms with Crippen LogP contribution in [0.25, 0.3) is 11.0 Å². The Bertz CT molecular complexity index is 602. The van der Waals surface area contributed by atoms with Crippen LogP contribution < -0.4 is 5.32 Å². The van der Waals surface area contributed by atoms with Gasteiger partial charge in [0.1, 0.15) is 5.60 Å². The molecule has 1 fully saturated rings. The van der Waals surface area contributed by atoms with E-state index in [1.807, 2.05) is 0 Å². The van der Waals surface area contributed by atoms with Gasteiger partial charge < -0.3 is 20.1 Å². The molecule has 19 heavy (non-hydrogen) atoms. The molecule has 1 aromatic carbocycles. The van der Waals surface area contributed by atoms with Gasteiger partial charge in [0.15, 0.2) is 0 Å². The highest BCUT2D eigenvalue weighted by atomic mass is 16.5.